The summed E-state index contributed by atoms with van der Waals surface area (Å²) in [6, 6.07) is -0.0913. The van der Waals surface area contributed by atoms with Gasteiger partial charge in [0, 0.05) is 39.3 Å². The van der Waals surface area contributed by atoms with Gasteiger partial charge in [-0.05, 0) is 25.2 Å². The topological polar surface area (TPSA) is 78.9 Å². The van der Waals surface area contributed by atoms with Crippen LogP contribution in [0.1, 0.15) is 39.0 Å². The highest BCUT2D eigenvalue weighted by molar-refractivity contribution is 5.74. The lowest BCUT2D eigenvalue weighted by molar-refractivity contribution is -0.138. The van der Waals surface area contributed by atoms with Gasteiger partial charge in [-0.25, -0.2) is 4.79 Å². The van der Waals surface area contributed by atoms with Gasteiger partial charge in [0.15, 0.2) is 0 Å². The van der Waals surface area contributed by atoms with E-state index in [0.29, 0.717) is 26.2 Å². The molecule has 6 heteroatoms. The predicted octanol–water partition coefficient (Wildman–Crippen LogP) is 1.70. The number of nitrogens with zero attached hydrogens (tertiary/aromatic N) is 1. The Balaban J connectivity index is 2.04. The Hall–Kier alpha value is -1.30. The maximum Gasteiger partial charge on any atom is 0.317 e. The van der Waals surface area contributed by atoms with Gasteiger partial charge in [-0.15, -0.1) is 0 Å². The van der Waals surface area contributed by atoms with Crippen LogP contribution in [0.4, 0.5) is 4.79 Å². The number of rotatable bonds is 9. The van der Waals surface area contributed by atoms with Gasteiger partial charge in [-0.3, -0.25) is 4.79 Å². The number of amides is 2. The zero-order valence-electron chi connectivity index (χ0n) is 12.3. The monoisotopic (exact) mass is 286 g/mol. The molecule has 20 heavy (non-hydrogen) atoms. The molecule has 2 N–H and O–H groups in total. The van der Waals surface area contributed by atoms with Gasteiger partial charge in [0.05, 0.1) is 0 Å². The number of likely N-dealkylation sites (tertiary alicyclic amines) is 1. The first kappa shape index (κ1) is 16.8. The van der Waals surface area contributed by atoms with Crippen LogP contribution >= 0.6 is 0 Å². The number of carbonyl (C=O) groups excluding carboxylic acids is 1. The number of aliphatic carboxylic acids is 1. The molecule has 0 aromatic carbocycles. The van der Waals surface area contributed by atoms with E-state index in [-0.39, 0.29) is 18.4 Å². The summed E-state index contributed by atoms with van der Waals surface area (Å²) < 4.78 is 5.41. The summed E-state index contributed by atoms with van der Waals surface area (Å²) in [5, 5.41) is 11.6. The summed E-state index contributed by atoms with van der Waals surface area (Å²) in [6.07, 6.45) is 3.94. The van der Waals surface area contributed by atoms with Crippen molar-refractivity contribution in [1.29, 1.82) is 0 Å². The number of unbranched alkanes of at least 4 members (excludes halogenated alkanes) is 1. The summed E-state index contributed by atoms with van der Waals surface area (Å²) in [4.78, 5) is 24.2. The van der Waals surface area contributed by atoms with Crippen molar-refractivity contribution < 1.29 is 19.4 Å². The van der Waals surface area contributed by atoms with Crippen molar-refractivity contribution in [2.45, 2.75) is 39.0 Å². The van der Waals surface area contributed by atoms with Gasteiger partial charge in [0.25, 0.3) is 0 Å². The molecule has 0 radical (unpaired) electrons. The molecule has 0 aromatic heterocycles. The SMILES string of the molecule is CCCCOCCCNC(=O)N1CCC(CC(=O)O)C1. The number of ether oxygens (including phenoxy) is 1. The van der Waals surface area contributed by atoms with Crippen LogP contribution < -0.4 is 5.32 Å². The molecule has 0 spiro atoms. The molecular formula is C14H26N2O4. The van der Waals surface area contributed by atoms with E-state index >= 15 is 0 Å². The Morgan fingerprint density at radius 2 is 2.10 bits per heavy atom. The Morgan fingerprint density at radius 1 is 1.35 bits per heavy atom. The van der Waals surface area contributed by atoms with Gasteiger partial charge >= 0.3 is 12.0 Å². The van der Waals surface area contributed by atoms with E-state index in [1.165, 1.54) is 0 Å². The molecule has 1 unspecified atom stereocenters. The lowest BCUT2D eigenvalue weighted by Gasteiger charge is -2.17. The molecule has 1 fully saturated rings. The average Bonchev–Trinajstić information content (AvgIpc) is 2.85. The van der Waals surface area contributed by atoms with E-state index in [4.69, 9.17) is 9.84 Å². The Bertz CT molecular complexity index is 310. The first-order valence-electron chi connectivity index (χ1n) is 7.45. The van der Waals surface area contributed by atoms with Gasteiger partial charge in [0.2, 0.25) is 0 Å². The fourth-order valence-electron chi connectivity index (χ4n) is 2.26. The van der Waals surface area contributed by atoms with Crippen molar-refractivity contribution in [2.75, 3.05) is 32.8 Å². The van der Waals surface area contributed by atoms with Crippen molar-refractivity contribution >= 4 is 12.0 Å². The van der Waals surface area contributed by atoms with Crippen LogP contribution in [0.15, 0.2) is 0 Å². The summed E-state index contributed by atoms with van der Waals surface area (Å²) >= 11 is 0. The maximum absolute atomic E-state index is 11.8. The molecule has 1 heterocycles. The molecule has 1 rings (SSSR count). The molecule has 0 bridgehead atoms. The van der Waals surface area contributed by atoms with E-state index in [1.54, 1.807) is 4.90 Å². The highest BCUT2D eigenvalue weighted by Gasteiger charge is 2.27. The number of carbonyl (C=O) groups is 2. The predicted molar refractivity (Wildman–Crippen MR) is 75.7 cm³/mol. The highest BCUT2D eigenvalue weighted by atomic mass is 16.5. The maximum atomic E-state index is 11.8. The third-order valence-electron chi connectivity index (χ3n) is 3.42. The lowest BCUT2D eigenvalue weighted by atomic mass is 10.1. The van der Waals surface area contributed by atoms with Crippen molar-refractivity contribution in [2.24, 2.45) is 5.92 Å². The minimum Gasteiger partial charge on any atom is -0.481 e. The molecule has 1 aliphatic rings. The largest absolute Gasteiger partial charge is 0.481 e. The quantitative estimate of drug-likeness (QED) is 0.632. The molecule has 2 amide bonds. The van der Waals surface area contributed by atoms with Gasteiger partial charge in [-0.1, -0.05) is 13.3 Å². The summed E-state index contributed by atoms with van der Waals surface area (Å²) in [5.41, 5.74) is 0. The Labute approximate surface area is 120 Å². The second kappa shape index (κ2) is 9.58. The number of carboxylic acids is 1. The van der Waals surface area contributed by atoms with Crippen molar-refractivity contribution in [1.82, 2.24) is 10.2 Å². The van der Waals surface area contributed by atoms with Gasteiger partial charge in [0.1, 0.15) is 0 Å². The fourth-order valence-corrected chi connectivity index (χ4v) is 2.26. The number of hydrogen-bond donors (Lipinski definition) is 2. The van der Waals surface area contributed by atoms with Crippen LogP contribution in [0.2, 0.25) is 0 Å². The summed E-state index contributed by atoms with van der Waals surface area (Å²) in [6.45, 7) is 5.37. The van der Waals surface area contributed by atoms with E-state index in [0.717, 1.165) is 32.3 Å². The molecule has 1 atom stereocenters. The zero-order chi connectivity index (χ0) is 14.8. The van der Waals surface area contributed by atoms with E-state index < -0.39 is 5.97 Å². The molecular weight excluding hydrogens is 260 g/mol. The van der Waals surface area contributed by atoms with Crippen LogP contribution in [0.3, 0.4) is 0 Å². The van der Waals surface area contributed by atoms with Gasteiger partial charge in [-0.2, -0.15) is 0 Å². The number of urea groups is 1. The number of hydrogen-bond acceptors (Lipinski definition) is 3. The van der Waals surface area contributed by atoms with Gasteiger partial charge < -0.3 is 20.1 Å². The van der Waals surface area contributed by atoms with Crippen molar-refractivity contribution in [3.63, 3.8) is 0 Å². The van der Waals surface area contributed by atoms with E-state index in [2.05, 4.69) is 12.2 Å². The first-order chi connectivity index (χ1) is 9.63. The van der Waals surface area contributed by atoms with Crippen LogP contribution in [0.5, 0.6) is 0 Å². The number of carboxylic acid groups (broad SMARTS) is 1. The Morgan fingerprint density at radius 3 is 2.80 bits per heavy atom. The minimum atomic E-state index is -0.790. The van der Waals surface area contributed by atoms with Crippen molar-refractivity contribution in [3.8, 4) is 0 Å². The standard InChI is InChI=1S/C14H26N2O4/c1-2-3-8-20-9-4-6-15-14(19)16-7-5-12(11-16)10-13(17)18/h12H,2-11H2,1H3,(H,15,19)(H,17,18). The Kier molecular flexibility index (Phi) is 8.02. The summed E-state index contributed by atoms with van der Waals surface area (Å²) in [5.74, 6) is -0.697. The van der Waals surface area contributed by atoms with Crippen molar-refractivity contribution in [3.05, 3.63) is 0 Å². The fraction of sp³-hybridized carbons (Fsp3) is 0.857. The van der Waals surface area contributed by atoms with Crippen LogP contribution in [0.25, 0.3) is 0 Å². The second-order valence-corrected chi connectivity index (χ2v) is 5.25. The van der Waals surface area contributed by atoms with Crippen LogP contribution in [0, 0.1) is 5.92 Å². The molecule has 1 saturated heterocycles. The second-order valence-electron chi connectivity index (χ2n) is 5.25. The number of nitrogens with one attached hydrogen (secondary N) is 1. The van der Waals surface area contributed by atoms with E-state index in [9.17, 15) is 9.59 Å². The van der Waals surface area contributed by atoms with E-state index in [1.807, 2.05) is 0 Å². The molecule has 116 valence electrons. The molecule has 6 nitrogen and oxygen atoms in total. The highest BCUT2D eigenvalue weighted by Crippen LogP contribution is 2.19. The third kappa shape index (κ3) is 6.75. The molecule has 0 saturated carbocycles. The molecule has 0 aromatic rings. The smallest absolute Gasteiger partial charge is 0.317 e. The lowest BCUT2D eigenvalue weighted by Crippen LogP contribution is -2.39. The molecule has 1 aliphatic heterocycles. The van der Waals surface area contributed by atoms with Crippen LogP contribution in [-0.4, -0.2) is 54.9 Å². The zero-order valence-corrected chi connectivity index (χ0v) is 12.3. The van der Waals surface area contributed by atoms with Crippen LogP contribution in [-0.2, 0) is 9.53 Å². The average molecular weight is 286 g/mol. The third-order valence-corrected chi connectivity index (χ3v) is 3.42. The summed E-state index contributed by atoms with van der Waals surface area (Å²) in [7, 11) is 0. The normalized spacial score (nSPS) is 18.2. The molecule has 0 aliphatic carbocycles. The minimum absolute atomic E-state index is 0.0913. The first-order valence-corrected chi connectivity index (χ1v) is 7.45.